The van der Waals surface area contributed by atoms with Crippen LogP contribution in [0.1, 0.15) is 23.3 Å². The standard InChI is InChI=1S/C10H14N2OS/c1-3-13-4-2-10(1)7-11-5-8-6-12-14-9(8)10/h6,11H,1-5,7H2. The van der Waals surface area contributed by atoms with Gasteiger partial charge in [0, 0.05) is 48.4 Å². The number of hydrogen-bond donors (Lipinski definition) is 1. The summed E-state index contributed by atoms with van der Waals surface area (Å²) in [6.07, 6.45) is 4.31. The van der Waals surface area contributed by atoms with Gasteiger partial charge in [-0.25, -0.2) is 4.37 Å². The molecule has 0 amide bonds. The van der Waals surface area contributed by atoms with E-state index in [9.17, 15) is 0 Å². The summed E-state index contributed by atoms with van der Waals surface area (Å²) in [5, 5.41) is 3.50. The van der Waals surface area contributed by atoms with Gasteiger partial charge in [0.05, 0.1) is 0 Å². The fourth-order valence-corrected chi connectivity index (χ4v) is 3.50. The van der Waals surface area contributed by atoms with Gasteiger partial charge in [0.25, 0.3) is 0 Å². The highest BCUT2D eigenvalue weighted by Gasteiger charge is 2.39. The zero-order valence-electron chi connectivity index (χ0n) is 8.08. The quantitative estimate of drug-likeness (QED) is 0.700. The van der Waals surface area contributed by atoms with Gasteiger partial charge in [-0.1, -0.05) is 0 Å². The second-order valence-corrected chi connectivity index (χ2v) is 4.98. The third-order valence-electron chi connectivity index (χ3n) is 3.35. The van der Waals surface area contributed by atoms with Gasteiger partial charge in [-0.3, -0.25) is 0 Å². The fourth-order valence-electron chi connectivity index (χ4n) is 2.51. The molecule has 0 saturated carbocycles. The van der Waals surface area contributed by atoms with Gasteiger partial charge in [0.2, 0.25) is 0 Å². The average Bonchev–Trinajstić information content (AvgIpc) is 2.69. The molecule has 3 rings (SSSR count). The lowest BCUT2D eigenvalue weighted by molar-refractivity contribution is 0.0486. The van der Waals surface area contributed by atoms with Crippen LogP contribution >= 0.6 is 11.5 Å². The van der Waals surface area contributed by atoms with E-state index in [2.05, 4.69) is 9.69 Å². The summed E-state index contributed by atoms with van der Waals surface area (Å²) in [7, 11) is 0. The molecule has 2 aliphatic heterocycles. The lowest BCUT2D eigenvalue weighted by atomic mass is 9.76. The van der Waals surface area contributed by atoms with Gasteiger partial charge in [0.1, 0.15) is 0 Å². The molecule has 1 N–H and O–H groups in total. The molecule has 0 aromatic carbocycles. The fraction of sp³-hybridized carbons (Fsp3) is 0.700. The van der Waals surface area contributed by atoms with Gasteiger partial charge in [-0.15, -0.1) is 0 Å². The van der Waals surface area contributed by atoms with E-state index in [-0.39, 0.29) is 0 Å². The Labute approximate surface area is 87.6 Å². The predicted molar refractivity (Wildman–Crippen MR) is 55.6 cm³/mol. The largest absolute Gasteiger partial charge is 0.381 e. The number of rotatable bonds is 0. The van der Waals surface area contributed by atoms with Crippen molar-refractivity contribution < 1.29 is 4.74 Å². The molecule has 3 heterocycles. The lowest BCUT2D eigenvalue weighted by Crippen LogP contribution is -2.45. The molecular formula is C10H14N2OS. The van der Waals surface area contributed by atoms with Crippen LogP contribution in [-0.4, -0.2) is 24.1 Å². The first-order valence-electron chi connectivity index (χ1n) is 5.13. The Morgan fingerprint density at radius 1 is 1.43 bits per heavy atom. The van der Waals surface area contributed by atoms with Crippen LogP contribution in [0.3, 0.4) is 0 Å². The van der Waals surface area contributed by atoms with Crippen LogP contribution in [0, 0.1) is 0 Å². The Bertz CT molecular complexity index is 331. The maximum Gasteiger partial charge on any atom is 0.0475 e. The third-order valence-corrected chi connectivity index (χ3v) is 4.44. The normalized spacial score (nSPS) is 24.9. The highest BCUT2D eigenvalue weighted by Crippen LogP contribution is 2.40. The number of nitrogens with zero attached hydrogens (tertiary/aromatic N) is 1. The highest BCUT2D eigenvalue weighted by molar-refractivity contribution is 7.06. The van der Waals surface area contributed by atoms with Crippen LogP contribution in [0.2, 0.25) is 0 Å². The summed E-state index contributed by atoms with van der Waals surface area (Å²) in [4.78, 5) is 1.51. The third kappa shape index (κ3) is 1.21. The molecule has 0 radical (unpaired) electrons. The van der Waals surface area contributed by atoms with E-state index in [4.69, 9.17) is 4.74 Å². The van der Waals surface area contributed by atoms with Crippen molar-refractivity contribution in [2.45, 2.75) is 24.8 Å². The van der Waals surface area contributed by atoms with Crippen molar-refractivity contribution in [1.29, 1.82) is 0 Å². The highest BCUT2D eigenvalue weighted by atomic mass is 32.1. The van der Waals surface area contributed by atoms with Crippen LogP contribution in [0.5, 0.6) is 0 Å². The Morgan fingerprint density at radius 3 is 3.14 bits per heavy atom. The first-order chi connectivity index (χ1) is 6.91. The lowest BCUT2D eigenvalue weighted by Gasteiger charge is -2.39. The van der Waals surface area contributed by atoms with Crippen LogP contribution in [-0.2, 0) is 16.7 Å². The smallest absolute Gasteiger partial charge is 0.0475 e. The van der Waals surface area contributed by atoms with E-state index in [0.29, 0.717) is 5.41 Å². The van der Waals surface area contributed by atoms with Crippen molar-refractivity contribution >= 4 is 11.5 Å². The summed E-state index contributed by atoms with van der Waals surface area (Å²) in [5.41, 5.74) is 1.75. The molecule has 14 heavy (non-hydrogen) atoms. The first-order valence-corrected chi connectivity index (χ1v) is 5.91. The monoisotopic (exact) mass is 210 g/mol. The van der Waals surface area contributed by atoms with Gasteiger partial charge in [-0.2, -0.15) is 0 Å². The van der Waals surface area contributed by atoms with Crippen LogP contribution < -0.4 is 5.32 Å². The first kappa shape index (κ1) is 8.83. The van der Waals surface area contributed by atoms with Gasteiger partial charge in [0.15, 0.2) is 0 Å². The molecule has 76 valence electrons. The summed E-state index contributed by atoms with van der Waals surface area (Å²) in [6.45, 7) is 3.90. The predicted octanol–water partition coefficient (Wildman–Crippen LogP) is 1.29. The number of ether oxygens (including phenoxy) is 1. The molecular weight excluding hydrogens is 196 g/mol. The Balaban J connectivity index is 2.01. The van der Waals surface area contributed by atoms with Crippen molar-refractivity contribution in [2.75, 3.05) is 19.8 Å². The summed E-state index contributed by atoms with van der Waals surface area (Å²) >= 11 is 1.69. The van der Waals surface area contributed by atoms with Gasteiger partial charge < -0.3 is 10.1 Å². The van der Waals surface area contributed by atoms with E-state index in [1.165, 1.54) is 10.4 Å². The molecule has 1 fully saturated rings. The van der Waals surface area contributed by atoms with E-state index in [0.717, 1.165) is 39.1 Å². The average molecular weight is 210 g/mol. The SMILES string of the molecule is c1nsc2c1CNCC21CCOCC1. The Morgan fingerprint density at radius 2 is 2.29 bits per heavy atom. The minimum atomic E-state index is 0.340. The minimum absolute atomic E-state index is 0.340. The Hall–Kier alpha value is -0.450. The second-order valence-electron chi connectivity index (χ2n) is 4.18. The van der Waals surface area contributed by atoms with E-state index < -0.39 is 0 Å². The molecule has 3 nitrogen and oxygen atoms in total. The molecule has 1 spiro atoms. The Kier molecular flexibility index (Phi) is 2.08. The molecule has 1 saturated heterocycles. The zero-order chi connectivity index (χ0) is 9.43. The zero-order valence-corrected chi connectivity index (χ0v) is 8.90. The minimum Gasteiger partial charge on any atom is -0.381 e. The van der Waals surface area contributed by atoms with Gasteiger partial charge >= 0.3 is 0 Å². The van der Waals surface area contributed by atoms with E-state index >= 15 is 0 Å². The van der Waals surface area contributed by atoms with Crippen LogP contribution in [0.4, 0.5) is 0 Å². The molecule has 0 atom stereocenters. The number of aromatic nitrogens is 1. The maximum absolute atomic E-state index is 5.45. The second kappa shape index (κ2) is 3.29. The van der Waals surface area contributed by atoms with Crippen molar-refractivity contribution in [2.24, 2.45) is 0 Å². The molecule has 4 heteroatoms. The summed E-state index contributed by atoms with van der Waals surface area (Å²) in [5.74, 6) is 0. The van der Waals surface area contributed by atoms with Crippen molar-refractivity contribution in [1.82, 2.24) is 9.69 Å². The van der Waals surface area contributed by atoms with Crippen molar-refractivity contribution in [3.63, 3.8) is 0 Å². The molecule has 0 bridgehead atoms. The number of hydrogen-bond acceptors (Lipinski definition) is 4. The van der Waals surface area contributed by atoms with E-state index in [1.54, 1.807) is 11.5 Å². The van der Waals surface area contributed by atoms with E-state index in [1.807, 2.05) is 6.20 Å². The molecule has 0 unspecified atom stereocenters. The van der Waals surface area contributed by atoms with Gasteiger partial charge in [-0.05, 0) is 24.4 Å². The van der Waals surface area contributed by atoms with Crippen molar-refractivity contribution in [3.05, 3.63) is 16.6 Å². The maximum atomic E-state index is 5.45. The van der Waals surface area contributed by atoms with Crippen molar-refractivity contribution in [3.8, 4) is 0 Å². The van der Waals surface area contributed by atoms with Crippen LogP contribution in [0.15, 0.2) is 6.20 Å². The molecule has 1 aromatic rings. The number of nitrogens with one attached hydrogen (secondary N) is 1. The summed E-state index contributed by atoms with van der Waals surface area (Å²) in [6, 6.07) is 0. The molecule has 2 aliphatic rings. The molecule has 0 aliphatic carbocycles. The summed E-state index contributed by atoms with van der Waals surface area (Å²) < 4.78 is 9.76. The molecule has 1 aromatic heterocycles. The van der Waals surface area contributed by atoms with Crippen LogP contribution in [0.25, 0.3) is 0 Å². The number of fused-ring (bicyclic) bond motifs is 2. The topological polar surface area (TPSA) is 34.2 Å².